The SMILES string of the molecule is O=C(CCc1nnc2c3cc(-c4ccc(F)cc4)nn3ccn12)N1CCN(c2ccccn2)CC1. The molecule has 0 N–H and O–H groups in total. The number of anilines is 1. The molecule has 35 heavy (non-hydrogen) atoms. The van der Waals surface area contributed by atoms with Crippen LogP contribution in [0.4, 0.5) is 10.2 Å². The van der Waals surface area contributed by atoms with Gasteiger partial charge in [-0.2, -0.15) is 5.10 Å². The minimum Gasteiger partial charge on any atom is -0.353 e. The Morgan fingerprint density at radius 3 is 2.57 bits per heavy atom. The van der Waals surface area contributed by atoms with Gasteiger partial charge in [0.25, 0.3) is 0 Å². The standard InChI is InChI=1S/C25H23FN8O/c26-19-6-4-18(5-7-19)20-17-21-25-29-28-23(33(25)15-16-34(21)30-20)8-9-24(35)32-13-11-31(12-14-32)22-3-1-2-10-27-22/h1-7,10,15-17H,8-9,11-14H2. The van der Waals surface area contributed by atoms with Crippen molar-refractivity contribution in [2.45, 2.75) is 12.8 Å². The zero-order valence-corrected chi connectivity index (χ0v) is 19.0. The van der Waals surface area contributed by atoms with Crippen LogP contribution in [0.25, 0.3) is 22.4 Å². The van der Waals surface area contributed by atoms with Gasteiger partial charge in [0.05, 0.1) is 5.69 Å². The second-order valence-electron chi connectivity index (χ2n) is 8.53. The number of amides is 1. The van der Waals surface area contributed by atoms with Crippen molar-refractivity contribution in [1.29, 1.82) is 0 Å². The third-order valence-corrected chi connectivity index (χ3v) is 6.40. The van der Waals surface area contributed by atoms with Crippen molar-refractivity contribution >= 4 is 22.9 Å². The highest BCUT2D eigenvalue weighted by Gasteiger charge is 2.22. The van der Waals surface area contributed by atoms with Gasteiger partial charge in [0.1, 0.15) is 23.0 Å². The normalized spacial score (nSPS) is 14.2. The summed E-state index contributed by atoms with van der Waals surface area (Å²) >= 11 is 0. The Bertz CT molecular complexity index is 1490. The monoisotopic (exact) mass is 470 g/mol. The number of carbonyl (C=O) groups is 1. The van der Waals surface area contributed by atoms with E-state index in [1.165, 1.54) is 12.1 Å². The molecule has 1 aromatic carbocycles. The van der Waals surface area contributed by atoms with Crippen LogP contribution in [0.2, 0.25) is 0 Å². The van der Waals surface area contributed by atoms with Gasteiger partial charge < -0.3 is 9.80 Å². The van der Waals surface area contributed by atoms with Crippen molar-refractivity contribution in [3.8, 4) is 11.3 Å². The maximum absolute atomic E-state index is 13.3. The van der Waals surface area contributed by atoms with Crippen LogP contribution in [0, 0.1) is 5.82 Å². The van der Waals surface area contributed by atoms with Gasteiger partial charge in [-0.05, 0) is 42.5 Å². The Kier molecular flexibility index (Phi) is 5.32. The number of hydrogen-bond donors (Lipinski definition) is 0. The summed E-state index contributed by atoms with van der Waals surface area (Å²) in [5.41, 5.74) is 3.01. The molecule has 1 fully saturated rings. The van der Waals surface area contributed by atoms with E-state index in [0.29, 0.717) is 31.6 Å². The topological polar surface area (TPSA) is 83.9 Å². The second kappa shape index (κ2) is 8.79. The highest BCUT2D eigenvalue weighted by Crippen LogP contribution is 2.22. The highest BCUT2D eigenvalue weighted by molar-refractivity contribution is 5.78. The van der Waals surface area contributed by atoms with Crippen LogP contribution in [0.1, 0.15) is 12.2 Å². The average molecular weight is 471 g/mol. The molecule has 0 bridgehead atoms. The van der Waals surface area contributed by atoms with Gasteiger partial charge in [0.2, 0.25) is 5.91 Å². The lowest BCUT2D eigenvalue weighted by molar-refractivity contribution is -0.131. The van der Waals surface area contributed by atoms with Crippen molar-refractivity contribution < 1.29 is 9.18 Å². The predicted molar refractivity (Wildman–Crippen MR) is 128 cm³/mol. The summed E-state index contributed by atoms with van der Waals surface area (Å²) in [5, 5.41) is 13.3. The van der Waals surface area contributed by atoms with Gasteiger partial charge in [-0.1, -0.05) is 6.07 Å². The van der Waals surface area contributed by atoms with Gasteiger partial charge in [0, 0.05) is 63.2 Å². The number of piperazine rings is 1. The lowest BCUT2D eigenvalue weighted by atomic mass is 10.1. The fourth-order valence-electron chi connectivity index (χ4n) is 4.49. The maximum Gasteiger partial charge on any atom is 0.223 e. The Morgan fingerprint density at radius 2 is 1.80 bits per heavy atom. The molecule has 0 radical (unpaired) electrons. The number of nitrogens with zero attached hydrogens (tertiary/aromatic N) is 8. The van der Waals surface area contributed by atoms with Crippen LogP contribution in [-0.4, -0.2) is 66.2 Å². The van der Waals surface area contributed by atoms with Crippen LogP contribution < -0.4 is 4.90 Å². The minimum atomic E-state index is -0.286. The summed E-state index contributed by atoms with van der Waals surface area (Å²) in [6, 6.07) is 14.0. The second-order valence-corrected chi connectivity index (χ2v) is 8.53. The molecule has 1 aliphatic heterocycles. The first-order chi connectivity index (χ1) is 17.2. The molecule has 6 rings (SSSR count). The van der Waals surface area contributed by atoms with Gasteiger partial charge in [0.15, 0.2) is 5.65 Å². The van der Waals surface area contributed by atoms with E-state index in [2.05, 4.69) is 25.2 Å². The molecule has 9 nitrogen and oxygen atoms in total. The number of pyridine rings is 1. The van der Waals surface area contributed by atoms with Gasteiger partial charge in [-0.15, -0.1) is 10.2 Å². The number of hydrogen-bond acceptors (Lipinski definition) is 6. The summed E-state index contributed by atoms with van der Waals surface area (Å²) in [4.78, 5) is 21.4. The Morgan fingerprint density at radius 1 is 0.971 bits per heavy atom. The summed E-state index contributed by atoms with van der Waals surface area (Å²) in [7, 11) is 0. The summed E-state index contributed by atoms with van der Waals surface area (Å²) in [5.74, 6) is 1.51. The molecule has 0 saturated carbocycles. The van der Waals surface area contributed by atoms with E-state index < -0.39 is 0 Å². The summed E-state index contributed by atoms with van der Waals surface area (Å²) in [6.45, 7) is 2.90. The molecule has 0 aliphatic carbocycles. The number of aryl methyl sites for hydroxylation is 1. The number of benzene rings is 1. The van der Waals surface area contributed by atoms with Crippen molar-refractivity contribution in [3.05, 3.63) is 78.8 Å². The van der Waals surface area contributed by atoms with E-state index in [4.69, 9.17) is 0 Å². The third kappa shape index (κ3) is 4.07. The molecule has 0 spiro atoms. The van der Waals surface area contributed by atoms with E-state index >= 15 is 0 Å². The van der Waals surface area contributed by atoms with Crippen molar-refractivity contribution in [2.24, 2.45) is 0 Å². The number of aromatic nitrogens is 6. The smallest absolute Gasteiger partial charge is 0.223 e. The molecule has 5 heterocycles. The lowest BCUT2D eigenvalue weighted by Gasteiger charge is -2.35. The molecule has 10 heteroatoms. The number of fused-ring (bicyclic) bond motifs is 3. The quantitative estimate of drug-likeness (QED) is 0.393. The number of carbonyl (C=O) groups excluding carboxylic acids is 1. The number of halogens is 1. The van der Waals surface area contributed by atoms with Crippen LogP contribution in [0.5, 0.6) is 0 Å². The minimum absolute atomic E-state index is 0.117. The van der Waals surface area contributed by atoms with Crippen molar-refractivity contribution in [2.75, 3.05) is 31.1 Å². The van der Waals surface area contributed by atoms with Gasteiger partial charge in [-0.3, -0.25) is 9.20 Å². The molecule has 1 saturated heterocycles. The molecular weight excluding hydrogens is 447 g/mol. The molecule has 0 atom stereocenters. The first-order valence-electron chi connectivity index (χ1n) is 11.6. The van der Waals surface area contributed by atoms with E-state index in [1.807, 2.05) is 46.0 Å². The molecule has 0 unspecified atom stereocenters. The third-order valence-electron chi connectivity index (χ3n) is 6.40. The van der Waals surface area contributed by atoms with Crippen molar-refractivity contribution in [1.82, 2.24) is 34.1 Å². The van der Waals surface area contributed by atoms with Crippen LogP contribution in [0.3, 0.4) is 0 Å². The predicted octanol–water partition coefficient (Wildman–Crippen LogP) is 2.86. The Hall–Kier alpha value is -4.34. The zero-order valence-electron chi connectivity index (χ0n) is 19.0. The lowest BCUT2D eigenvalue weighted by Crippen LogP contribution is -2.49. The fourth-order valence-corrected chi connectivity index (χ4v) is 4.49. The first kappa shape index (κ1) is 21.2. The summed E-state index contributed by atoms with van der Waals surface area (Å²) < 4.78 is 16.9. The maximum atomic E-state index is 13.3. The van der Waals surface area contributed by atoms with E-state index in [0.717, 1.165) is 41.5 Å². The van der Waals surface area contributed by atoms with Gasteiger partial charge >= 0.3 is 0 Å². The van der Waals surface area contributed by atoms with Crippen LogP contribution >= 0.6 is 0 Å². The zero-order chi connectivity index (χ0) is 23.8. The van der Waals surface area contributed by atoms with Crippen LogP contribution in [0.15, 0.2) is 67.1 Å². The Balaban J connectivity index is 1.14. The first-order valence-corrected chi connectivity index (χ1v) is 11.6. The highest BCUT2D eigenvalue weighted by atomic mass is 19.1. The van der Waals surface area contributed by atoms with Crippen LogP contribution in [-0.2, 0) is 11.2 Å². The molecular formula is C25H23FN8O. The van der Waals surface area contributed by atoms with E-state index in [1.54, 1.807) is 22.8 Å². The molecule has 1 aliphatic rings. The molecule has 176 valence electrons. The van der Waals surface area contributed by atoms with Crippen molar-refractivity contribution in [3.63, 3.8) is 0 Å². The average Bonchev–Trinajstić information content (AvgIpc) is 3.52. The molecule has 1 amide bonds. The largest absolute Gasteiger partial charge is 0.353 e. The number of rotatable bonds is 5. The van der Waals surface area contributed by atoms with Gasteiger partial charge in [-0.25, -0.2) is 13.9 Å². The molecule has 4 aromatic heterocycles. The summed E-state index contributed by atoms with van der Waals surface area (Å²) in [6.07, 6.45) is 6.35. The molecule has 5 aromatic rings. The fraction of sp³-hybridized carbons (Fsp3) is 0.240. The van der Waals surface area contributed by atoms with E-state index in [9.17, 15) is 9.18 Å². The van der Waals surface area contributed by atoms with E-state index in [-0.39, 0.29) is 11.7 Å². The Labute approximate surface area is 200 Å².